The Balaban J connectivity index is 1.50. The van der Waals surface area contributed by atoms with Gasteiger partial charge >= 0.3 is 0 Å². The van der Waals surface area contributed by atoms with Crippen LogP contribution in [0.4, 0.5) is 4.39 Å². The summed E-state index contributed by atoms with van der Waals surface area (Å²) in [6.07, 6.45) is 0.862. The van der Waals surface area contributed by atoms with Gasteiger partial charge in [-0.15, -0.1) is 11.3 Å². The van der Waals surface area contributed by atoms with E-state index in [0.29, 0.717) is 13.0 Å². The number of thiazole rings is 1. The molecule has 25 heavy (non-hydrogen) atoms. The molecule has 0 radical (unpaired) electrons. The predicted molar refractivity (Wildman–Crippen MR) is 99.1 cm³/mol. The van der Waals surface area contributed by atoms with Crippen LogP contribution in [0.3, 0.4) is 0 Å². The summed E-state index contributed by atoms with van der Waals surface area (Å²) in [7, 11) is 0. The topological polar surface area (TPSA) is 42.0 Å². The van der Waals surface area contributed by atoms with E-state index in [4.69, 9.17) is 0 Å². The van der Waals surface area contributed by atoms with Crippen molar-refractivity contribution in [2.24, 2.45) is 0 Å². The van der Waals surface area contributed by atoms with E-state index in [1.165, 1.54) is 17.7 Å². The van der Waals surface area contributed by atoms with Gasteiger partial charge in [-0.1, -0.05) is 42.0 Å². The Hall–Kier alpha value is -2.53. The molecule has 0 bridgehead atoms. The third-order valence-electron chi connectivity index (χ3n) is 3.82. The maximum Gasteiger partial charge on any atom is 0.226 e. The van der Waals surface area contributed by atoms with E-state index in [1.54, 1.807) is 17.4 Å². The van der Waals surface area contributed by atoms with Crippen LogP contribution in [0.1, 0.15) is 16.8 Å². The average molecular weight is 354 g/mol. The lowest BCUT2D eigenvalue weighted by Crippen LogP contribution is -2.27. The number of carbonyl (C=O) groups excluding carboxylic acids is 1. The van der Waals surface area contributed by atoms with Crippen LogP contribution in [-0.4, -0.2) is 17.4 Å². The number of carbonyl (C=O) groups is 1. The Labute approximate surface area is 150 Å². The zero-order valence-electron chi connectivity index (χ0n) is 14.0. The maximum atomic E-state index is 13.1. The van der Waals surface area contributed by atoms with Gasteiger partial charge < -0.3 is 5.32 Å². The van der Waals surface area contributed by atoms with Crippen LogP contribution in [-0.2, 0) is 17.6 Å². The Kier molecular flexibility index (Phi) is 5.56. The number of benzene rings is 2. The minimum Gasteiger partial charge on any atom is -0.355 e. The zero-order chi connectivity index (χ0) is 17.6. The summed E-state index contributed by atoms with van der Waals surface area (Å²) in [5.41, 5.74) is 3.91. The van der Waals surface area contributed by atoms with Crippen LogP contribution in [0.2, 0.25) is 0 Å². The quantitative estimate of drug-likeness (QED) is 0.722. The molecule has 1 aromatic heterocycles. The summed E-state index contributed by atoms with van der Waals surface area (Å²) in [6, 6.07) is 14.6. The first kappa shape index (κ1) is 17.3. The van der Waals surface area contributed by atoms with Crippen LogP contribution in [0.25, 0.3) is 10.6 Å². The van der Waals surface area contributed by atoms with Crippen molar-refractivity contribution in [1.82, 2.24) is 10.3 Å². The molecule has 0 atom stereocenters. The number of hydrogen-bond donors (Lipinski definition) is 1. The lowest BCUT2D eigenvalue weighted by atomic mass is 10.1. The molecular weight excluding hydrogens is 335 g/mol. The smallest absolute Gasteiger partial charge is 0.226 e. The van der Waals surface area contributed by atoms with Gasteiger partial charge in [0.25, 0.3) is 0 Å². The molecule has 3 aromatic rings. The third-order valence-corrected chi connectivity index (χ3v) is 4.76. The van der Waals surface area contributed by atoms with Crippen LogP contribution in [0, 0.1) is 12.7 Å². The first-order chi connectivity index (χ1) is 12.1. The molecule has 128 valence electrons. The molecule has 0 aliphatic rings. The van der Waals surface area contributed by atoms with Gasteiger partial charge in [-0.3, -0.25) is 4.79 Å². The number of hydrogen-bond acceptors (Lipinski definition) is 3. The normalized spacial score (nSPS) is 10.6. The summed E-state index contributed by atoms with van der Waals surface area (Å²) < 4.78 is 13.1. The Morgan fingerprint density at radius 3 is 2.76 bits per heavy atom. The minimum absolute atomic E-state index is 0.0721. The highest BCUT2D eigenvalue weighted by molar-refractivity contribution is 7.13. The van der Waals surface area contributed by atoms with Gasteiger partial charge in [-0.2, -0.15) is 0 Å². The molecule has 1 heterocycles. The van der Waals surface area contributed by atoms with Gasteiger partial charge in [0.2, 0.25) is 5.91 Å². The highest BCUT2D eigenvalue weighted by Gasteiger charge is 2.09. The number of aryl methyl sites for hydroxylation is 1. The lowest BCUT2D eigenvalue weighted by molar-refractivity contribution is -0.120. The van der Waals surface area contributed by atoms with E-state index in [-0.39, 0.29) is 18.1 Å². The van der Waals surface area contributed by atoms with Gasteiger partial charge in [-0.25, -0.2) is 9.37 Å². The van der Waals surface area contributed by atoms with Crippen LogP contribution in [0.15, 0.2) is 53.9 Å². The molecule has 2 aromatic carbocycles. The number of rotatable bonds is 6. The number of nitrogens with one attached hydrogen (secondary N) is 1. The Morgan fingerprint density at radius 1 is 1.20 bits per heavy atom. The fourth-order valence-corrected chi connectivity index (χ4v) is 3.31. The molecule has 5 heteroatoms. The van der Waals surface area contributed by atoms with Gasteiger partial charge in [0.15, 0.2) is 0 Å². The highest BCUT2D eigenvalue weighted by atomic mass is 32.1. The van der Waals surface area contributed by atoms with Crippen LogP contribution in [0.5, 0.6) is 0 Å². The second-order valence-corrected chi connectivity index (χ2v) is 6.77. The fraction of sp³-hybridized carbons (Fsp3) is 0.200. The lowest BCUT2D eigenvalue weighted by Gasteiger charge is -2.04. The van der Waals surface area contributed by atoms with Crippen LogP contribution < -0.4 is 5.32 Å². The van der Waals surface area contributed by atoms with Gasteiger partial charge in [0.1, 0.15) is 10.8 Å². The molecule has 0 unspecified atom stereocenters. The second kappa shape index (κ2) is 8.03. The van der Waals surface area contributed by atoms with Crippen molar-refractivity contribution in [3.05, 3.63) is 76.5 Å². The molecule has 0 saturated carbocycles. The number of amides is 1. The minimum atomic E-state index is -0.255. The van der Waals surface area contributed by atoms with Gasteiger partial charge in [0.05, 0.1) is 12.1 Å². The molecule has 3 rings (SSSR count). The molecule has 0 spiro atoms. The molecule has 0 fully saturated rings. The summed E-state index contributed by atoms with van der Waals surface area (Å²) in [5.74, 6) is -0.327. The van der Waals surface area contributed by atoms with E-state index in [2.05, 4.69) is 22.4 Å². The van der Waals surface area contributed by atoms with Gasteiger partial charge in [-0.05, 0) is 31.0 Å². The first-order valence-corrected chi connectivity index (χ1v) is 9.01. The average Bonchev–Trinajstić information content (AvgIpc) is 3.04. The molecule has 0 saturated heterocycles. The summed E-state index contributed by atoms with van der Waals surface area (Å²) >= 11 is 1.54. The Morgan fingerprint density at radius 2 is 2.00 bits per heavy atom. The summed E-state index contributed by atoms with van der Waals surface area (Å²) in [4.78, 5) is 16.6. The molecule has 1 N–H and O–H groups in total. The van der Waals surface area contributed by atoms with E-state index >= 15 is 0 Å². The number of aromatic nitrogens is 1. The van der Waals surface area contributed by atoms with Crippen molar-refractivity contribution in [1.29, 1.82) is 0 Å². The number of nitrogens with zero attached hydrogens (tertiary/aromatic N) is 1. The van der Waals surface area contributed by atoms with E-state index in [1.807, 2.05) is 30.5 Å². The number of halogens is 1. The van der Waals surface area contributed by atoms with Crippen molar-refractivity contribution in [3.8, 4) is 10.6 Å². The largest absolute Gasteiger partial charge is 0.355 e. The van der Waals surface area contributed by atoms with Crippen LogP contribution >= 0.6 is 11.3 Å². The third kappa shape index (κ3) is 4.97. The molecule has 3 nitrogen and oxygen atoms in total. The van der Waals surface area contributed by atoms with E-state index < -0.39 is 0 Å². The Bertz CT molecular complexity index is 858. The van der Waals surface area contributed by atoms with Crippen molar-refractivity contribution in [2.75, 3.05) is 6.54 Å². The van der Waals surface area contributed by atoms with Crippen molar-refractivity contribution < 1.29 is 9.18 Å². The van der Waals surface area contributed by atoms with E-state index in [0.717, 1.165) is 21.8 Å². The standard InChI is InChI=1S/C20H19FN2OS/c1-14-5-7-16(8-6-14)20-23-18(13-25-20)12-19(24)22-10-9-15-3-2-4-17(21)11-15/h2-8,11,13H,9-10,12H2,1H3,(H,22,24). The van der Waals surface area contributed by atoms with Crippen molar-refractivity contribution in [3.63, 3.8) is 0 Å². The summed E-state index contributed by atoms with van der Waals surface area (Å²) in [5, 5.41) is 5.70. The maximum absolute atomic E-state index is 13.1. The molecule has 0 aliphatic carbocycles. The highest BCUT2D eigenvalue weighted by Crippen LogP contribution is 2.24. The molecule has 1 amide bonds. The van der Waals surface area contributed by atoms with Crippen molar-refractivity contribution >= 4 is 17.2 Å². The monoisotopic (exact) mass is 354 g/mol. The van der Waals surface area contributed by atoms with E-state index in [9.17, 15) is 9.18 Å². The predicted octanol–water partition coefficient (Wildman–Crippen LogP) is 4.16. The molecule has 0 aliphatic heterocycles. The summed E-state index contributed by atoms with van der Waals surface area (Å²) in [6.45, 7) is 2.53. The van der Waals surface area contributed by atoms with Gasteiger partial charge in [0, 0.05) is 17.5 Å². The first-order valence-electron chi connectivity index (χ1n) is 8.13. The SMILES string of the molecule is Cc1ccc(-c2nc(CC(=O)NCCc3cccc(F)c3)cs2)cc1. The molecular formula is C20H19FN2OS. The van der Waals surface area contributed by atoms with Crippen molar-refractivity contribution in [2.45, 2.75) is 19.8 Å². The fourth-order valence-electron chi connectivity index (χ4n) is 2.48. The second-order valence-electron chi connectivity index (χ2n) is 5.92. The zero-order valence-corrected chi connectivity index (χ0v) is 14.8.